The number of aromatic nitrogens is 2. The first kappa shape index (κ1) is 10.7. The Bertz CT molecular complexity index is 273. The molecule has 78 valence electrons. The molecule has 0 aromatic carbocycles. The lowest BCUT2D eigenvalue weighted by atomic mass is 10.2. The van der Waals surface area contributed by atoms with E-state index in [2.05, 4.69) is 15.3 Å². The van der Waals surface area contributed by atoms with Crippen LogP contribution in [0.1, 0.15) is 13.3 Å². The second-order valence-electron chi connectivity index (χ2n) is 2.94. The number of nitrogens with one attached hydrogen (secondary N) is 1. The van der Waals surface area contributed by atoms with E-state index in [9.17, 15) is 13.2 Å². The van der Waals surface area contributed by atoms with Gasteiger partial charge in [-0.2, -0.15) is 13.2 Å². The zero-order valence-corrected chi connectivity index (χ0v) is 7.54. The fourth-order valence-corrected chi connectivity index (χ4v) is 0.992. The van der Waals surface area contributed by atoms with Crippen LogP contribution in [0.4, 0.5) is 19.1 Å². The van der Waals surface area contributed by atoms with Crippen LogP contribution in [0.2, 0.25) is 0 Å². The Morgan fingerprint density at radius 2 is 1.93 bits per heavy atom. The van der Waals surface area contributed by atoms with Crippen molar-refractivity contribution in [3.63, 3.8) is 0 Å². The van der Waals surface area contributed by atoms with Crippen LogP contribution < -0.4 is 5.32 Å². The zero-order valence-electron chi connectivity index (χ0n) is 7.54. The average Bonchev–Trinajstić information content (AvgIpc) is 2.02. The third-order valence-electron chi connectivity index (χ3n) is 1.48. The van der Waals surface area contributed by atoms with Crippen LogP contribution in [0.15, 0.2) is 18.5 Å². The van der Waals surface area contributed by atoms with Crippen molar-refractivity contribution >= 4 is 5.95 Å². The van der Waals surface area contributed by atoms with Gasteiger partial charge in [0, 0.05) is 18.4 Å². The predicted molar refractivity (Wildman–Crippen MR) is 45.8 cm³/mol. The van der Waals surface area contributed by atoms with Crippen molar-refractivity contribution in [1.29, 1.82) is 0 Å². The Kier molecular flexibility index (Phi) is 3.27. The minimum atomic E-state index is -4.17. The molecule has 0 aliphatic heterocycles. The highest BCUT2D eigenvalue weighted by molar-refractivity contribution is 5.23. The first-order chi connectivity index (χ1) is 6.47. The van der Waals surface area contributed by atoms with Gasteiger partial charge in [-0.05, 0) is 13.0 Å². The number of rotatable bonds is 3. The standard InChI is InChI=1S/C8H10F3N3/c1-6(5-8(9,10)11)14-7-12-3-2-4-13-7/h2-4,6H,5H2,1H3,(H,12,13,14). The molecule has 0 aliphatic carbocycles. The molecule has 1 heterocycles. The molecule has 0 spiro atoms. The highest BCUT2D eigenvalue weighted by Crippen LogP contribution is 2.22. The maximum atomic E-state index is 11.9. The van der Waals surface area contributed by atoms with E-state index >= 15 is 0 Å². The monoisotopic (exact) mass is 205 g/mol. The van der Waals surface area contributed by atoms with Gasteiger partial charge in [-0.1, -0.05) is 0 Å². The maximum absolute atomic E-state index is 11.9. The number of hydrogen-bond acceptors (Lipinski definition) is 3. The van der Waals surface area contributed by atoms with Crippen LogP contribution in [-0.4, -0.2) is 22.2 Å². The molecular weight excluding hydrogens is 195 g/mol. The molecule has 0 saturated carbocycles. The first-order valence-electron chi connectivity index (χ1n) is 4.08. The molecule has 1 aromatic rings. The van der Waals surface area contributed by atoms with Crippen LogP contribution >= 0.6 is 0 Å². The first-order valence-corrected chi connectivity index (χ1v) is 4.08. The molecule has 0 bridgehead atoms. The van der Waals surface area contributed by atoms with Crippen LogP contribution in [0, 0.1) is 0 Å². The van der Waals surface area contributed by atoms with Crippen molar-refractivity contribution in [1.82, 2.24) is 9.97 Å². The van der Waals surface area contributed by atoms with Gasteiger partial charge >= 0.3 is 6.18 Å². The lowest BCUT2D eigenvalue weighted by Gasteiger charge is -2.15. The summed E-state index contributed by atoms with van der Waals surface area (Å²) in [6.07, 6.45) is -2.13. The van der Waals surface area contributed by atoms with Crippen molar-refractivity contribution in [2.24, 2.45) is 0 Å². The third-order valence-corrected chi connectivity index (χ3v) is 1.48. The SMILES string of the molecule is CC(CC(F)(F)F)Nc1ncccn1. The Morgan fingerprint density at radius 1 is 1.36 bits per heavy atom. The van der Waals surface area contributed by atoms with Crippen LogP contribution in [0.25, 0.3) is 0 Å². The van der Waals surface area contributed by atoms with Gasteiger partial charge in [0.2, 0.25) is 5.95 Å². The smallest absolute Gasteiger partial charge is 0.351 e. The number of nitrogens with zero attached hydrogens (tertiary/aromatic N) is 2. The maximum Gasteiger partial charge on any atom is 0.391 e. The summed E-state index contributed by atoms with van der Waals surface area (Å²) in [4.78, 5) is 7.52. The van der Waals surface area contributed by atoms with Crippen LogP contribution in [0.3, 0.4) is 0 Å². The van der Waals surface area contributed by atoms with Gasteiger partial charge in [-0.15, -0.1) is 0 Å². The van der Waals surface area contributed by atoms with Crippen LogP contribution in [0.5, 0.6) is 0 Å². The van der Waals surface area contributed by atoms with E-state index in [-0.39, 0.29) is 5.95 Å². The van der Waals surface area contributed by atoms with Crippen LogP contribution in [-0.2, 0) is 0 Å². The summed E-state index contributed by atoms with van der Waals surface area (Å²) < 4.78 is 35.8. The summed E-state index contributed by atoms with van der Waals surface area (Å²) in [6.45, 7) is 1.43. The molecule has 1 rings (SSSR count). The van der Waals surface area contributed by atoms with Gasteiger partial charge in [0.15, 0.2) is 0 Å². The average molecular weight is 205 g/mol. The zero-order chi connectivity index (χ0) is 10.6. The van der Waals surface area contributed by atoms with Gasteiger partial charge < -0.3 is 5.32 Å². The summed E-state index contributed by atoms with van der Waals surface area (Å²) in [5.74, 6) is 0.212. The molecule has 0 saturated heterocycles. The lowest BCUT2D eigenvalue weighted by molar-refractivity contribution is -0.136. The van der Waals surface area contributed by atoms with E-state index in [1.165, 1.54) is 19.3 Å². The highest BCUT2D eigenvalue weighted by atomic mass is 19.4. The molecule has 3 nitrogen and oxygen atoms in total. The Morgan fingerprint density at radius 3 is 2.43 bits per heavy atom. The molecular formula is C8H10F3N3. The second-order valence-corrected chi connectivity index (χ2v) is 2.94. The molecule has 0 radical (unpaired) electrons. The summed E-state index contributed by atoms with van der Waals surface area (Å²) >= 11 is 0. The van der Waals surface area contributed by atoms with Gasteiger partial charge in [-0.25, -0.2) is 9.97 Å². The molecule has 0 aliphatic rings. The predicted octanol–water partition coefficient (Wildman–Crippen LogP) is 2.23. The molecule has 0 fully saturated rings. The van der Waals surface area contributed by atoms with Gasteiger partial charge in [0.1, 0.15) is 0 Å². The van der Waals surface area contributed by atoms with Gasteiger partial charge in [0.05, 0.1) is 6.42 Å². The lowest BCUT2D eigenvalue weighted by Crippen LogP contribution is -2.24. The fourth-order valence-electron chi connectivity index (χ4n) is 0.992. The molecule has 14 heavy (non-hydrogen) atoms. The third kappa shape index (κ3) is 4.06. The quantitative estimate of drug-likeness (QED) is 0.822. The van der Waals surface area contributed by atoms with E-state index in [1.54, 1.807) is 6.07 Å². The summed E-state index contributed by atoms with van der Waals surface area (Å²) in [7, 11) is 0. The minimum Gasteiger partial charge on any atom is -0.351 e. The van der Waals surface area contributed by atoms with Crippen molar-refractivity contribution < 1.29 is 13.2 Å². The highest BCUT2D eigenvalue weighted by Gasteiger charge is 2.30. The van der Waals surface area contributed by atoms with E-state index in [0.717, 1.165) is 0 Å². The summed E-state index contributed by atoms with van der Waals surface area (Å²) in [6, 6.07) is 0.872. The fraction of sp³-hybridized carbons (Fsp3) is 0.500. The number of anilines is 1. The molecule has 1 aromatic heterocycles. The largest absolute Gasteiger partial charge is 0.391 e. The van der Waals surface area contributed by atoms with E-state index in [1.807, 2.05) is 0 Å². The Labute approximate surface area is 79.4 Å². The van der Waals surface area contributed by atoms with Gasteiger partial charge in [-0.3, -0.25) is 0 Å². The molecule has 6 heteroatoms. The van der Waals surface area contributed by atoms with Crippen molar-refractivity contribution in [3.05, 3.63) is 18.5 Å². The van der Waals surface area contributed by atoms with E-state index < -0.39 is 18.6 Å². The van der Waals surface area contributed by atoms with E-state index in [0.29, 0.717) is 0 Å². The molecule has 1 unspecified atom stereocenters. The number of alkyl halides is 3. The second kappa shape index (κ2) is 4.26. The Hall–Kier alpha value is -1.33. The van der Waals surface area contributed by atoms with Crippen molar-refractivity contribution in [2.75, 3.05) is 5.32 Å². The van der Waals surface area contributed by atoms with Gasteiger partial charge in [0.25, 0.3) is 0 Å². The minimum absolute atomic E-state index is 0.212. The number of halogens is 3. The van der Waals surface area contributed by atoms with Crippen molar-refractivity contribution in [3.8, 4) is 0 Å². The normalized spacial score (nSPS) is 13.7. The topological polar surface area (TPSA) is 37.8 Å². The molecule has 1 N–H and O–H groups in total. The van der Waals surface area contributed by atoms with E-state index in [4.69, 9.17) is 0 Å². The molecule has 1 atom stereocenters. The van der Waals surface area contributed by atoms with Crippen molar-refractivity contribution in [2.45, 2.75) is 25.6 Å². The Balaban J connectivity index is 2.46. The summed E-state index contributed by atoms with van der Waals surface area (Å²) in [5.41, 5.74) is 0. The molecule has 0 amide bonds. The number of hydrogen-bond donors (Lipinski definition) is 1. The summed E-state index contributed by atoms with van der Waals surface area (Å²) in [5, 5.41) is 2.56.